The number of thiol groups is 2. The molecule has 0 spiro atoms. The number of unbranched alkanes of at least 4 members (excludes halogenated alkanes) is 4. The summed E-state index contributed by atoms with van der Waals surface area (Å²) in [6, 6.07) is 0. The molecule has 0 aromatic heterocycles. The minimum atomic E-state index is 0.495. The first kappa shape index (κ1) is 14.7. The van der Waals surface area contributed by atoms with E-state index in [9.17, 15) is 0 Å². The van der Waals surface area contributed by atoms with Gasteiger partial charge in [0.25, 0.3) is 0 Å². The van der Waals surface area contributed by atoms with Crippen LogP contribution in [0.15, 0.2) is 0 Å². The molecule has 0 amide bonds. The van der Waals surface area contributed by atoms with E-state index < -0.39 is 0 Å². The molecule has 0 aromatic carbocycles. The number of rotatable bonds is 9. The van der Waals surface area contributed by atoms with E-state index in [1.165, 1.54) is 51.4 Å². The molecule has 0 saturated heterocycles. The molecule has 0 rings (SSSR count). The van der Waals surface area contributed by atoms with Crippen molar-refractivity contribution in [2.24, 2.45) is 0 Å². The van der Waals surface area contributed by atoms with Gasteiger partial charge < -0.3 is 0 Å². The maximum Gasteiger partial charge on any atom is 0.0133 e. The van der Waals surface area contributed by atoms with E-state index in [-0.39, 0.29) is 0 Å². The van der Waals surface area contributed by atoms with E-state index in [0.717, 1.165) is 0 Å². The van der Waals surface area contributed by atoms with Crippen LogP contribution >= 0.6 is 25.3 Å². The van der Waals surface area contributed by atoms with E-state index in [1.54, 1.807) is 0 Å². The van der Waals surface area contributed by atoms with Gasteiger partial charge in [0.05, 0.1) is 0 Å². The third kappa shape index (κ3) is 8.05. The van der Waals surface area contributed by atoms with Crippen LogP contribution in [-0.2, 0) is 0 Å². The first-order valence-corrected chi connectivity index (χ1v) is 7.11. The highest BCUT2D eigenvalue weighted by Gasteiger charge is 2.12. The summed E-state index contributed by atoms with van der Waals surface area (Å²) < 4.78 is 0. The molecule has 14 heavy (non-hydrogen) atoms. The molecule has 86 valence electrons. The van der Waals surface area contributed by atoms with Crippen molar-refractivity contribution < 1.29 is 0 Å². The zero-order valence-electron chi connectivity index (χ0n) is 9.71. The van der Waals surface area contributed by atoms with Crippen LogP contribution in [0.1, 0.15) is 65.2 Å². The Labute approximate surface area is 101 Å². The van der Waals surface area contributed by atoms with Crippen LogP contribution in [0, 0.1) is 0 Å². The van der Waals surface area contributed by atoms with Gasteiger partial charge in [-0.15, -0.1) is 0 Å². The summed E-state index contributed by atoms with van der Waals surface area (Å²) in [6.45, 7) is 4.47. The van der Waals surface area contributed by atoms with Crippen LogP contribution in [-0.4, -0.2) is 10.5 Å². The van der Waals surface area contributed by atoms with Gasteiger partial charge in [-0.2, -0.15) is 25.3 Å². The Bertz CT molecular complexity index is 115. The smallest absolute Gasteiger partial charge is 0.0133 e. The molecule has 0 N–H and O–H groups in total. The van der Waals surface area contributed by atoms with Crippen LogP contribution < -0.4 is 0 Å². The monoisotopic (exact) mass is 234 g/mol. The van der Waals surface area contributed by atoms with Gasteiger partial charge >= 0.3 is 0 Å². The summed E-state index contributed by atoms with van der Waals surface area (Å²) in [7, 11) is 0. The fourth-order valence-electron chi connectivity index (χ4n) is 1.64. The fraction of sp³-hybridized carbons (Fsp3) is 1.00. The molecule has 2 unspecified atom stereocenters. The van der Waals surface area contributed by atoms with Crippen LogP contribution in [0.5, 0.6) is 0 Å². The quantitative estimate of drug-likeness (QED) is 0.418. The van der Waals surface area contributed by atoms with Crippen molar-refractivity contribution >= 4 is 25.3 Å². The third-order valence-electron chi connectivity index (χ3n) is 2.63. The Kier molecular flexibility index (Phi) is 10.7. The second-order valence-electron chi connectivity index (χ2n) is 4.13. The SMILES string of the molecule is CCCCCCCC(S)C(S)CCC. The summed E-state index contributed by atoms with van der Waals surface area (Å²) in [5.74, 6) is 0. The highest BCUT2D eigenvalue weighted by molar-refractivity contribution is 7.85. The first-order valence-electron chi connectivity index (χ1n) is 6.08. The minimum Gasteiger partial charge on any atom is -0.175 e. The first-order chi connectivity index (χ1) is 6.72. The van der Waals surface area contributed by atoms with E-state index >= 15 is 0 Å². The molecule has 0 aliphatic carbocycles. The predicted molar refractivity (Wildman–Crippen MR) is 73.8 cm³/mol. The van der Waals surface area contributed by atoms with Gasteiger partial charge in [-0.1, -0.05) is 52.4 Å². The standard InChI is InChI=1S/C12H26S2/c1-3-5-6-7-8-10-12(14)11(13)9-4-2/h11-14H,3-10H2,1-2H3. The lowest BCUT2D eigenvalue weighted by Crippen LogP contribution is -2.14. The van der Waals surface area contributed by atoms with Gasteiger partial charge in [0.2, 0.25) is 0 Å². The Morgan fingerprint density at radius 3 is 1.86 bits per heavy atom. The van der Waals surface area contributed by atoms with Crippen molar-refractivity contribution in [1.29, 1.82) is 0 Å². The summed E-state index contributed by atoms with van der Waals surface area (Å²) in [5.41, 5.74) is 0. The van der Waals surface area contributed by atoms with Gasteiger partial charge in [-0.25, -0.2) is 0 Å². The zero-order valence-corrected chi connectivity index (χ0v) is 11.5. The van der Waals surface area contributed by atoms with Gasteiger partial charge in [0.1, 0.15) is 0 Å². The lowest BCUT2D eigenvalue weighted by atomic mass is 10.1. The average molecular weight is 234 g/mol. The molecule has 0 aromatic rings. The average Bonchev–Trinajstić information content (AvgIpc) is 2.17. The molecule has 0 nitrogen and oxygen atoms in total. The highest BCUT2D eigenvalue weighted by Crippen LogP contribution is 2.20. The van der Waals surface area contributed by atoms with Gasteiger partial charge in [-0.3, -0.25) is 0 Å². The van der Waals surface area contributed by atoms with Gasteiger partial charge in [-0.05, 0) is 12.8 Å². The highest BCUT2D eigenvalue weighted by atomic mass is 32.1. The Balaban J connectivity index is 3.29. The maximum atomic E-state index is 4.61. The van der Waals surface area contributed by atoms with Crippen LogP contribution in [0.25, 0.3) is 0 Å². The molecular formula is C12H26S2. The predicted octanol–water partition coefficient (Wildman–Crippen LogP) is 4.74. The minimum absolute atomic E-state index is 0.495. The molecule has 0 fully saturated rings. The van der Waals surface area contributed by atoms with Crippen LogP contribution in [0.4, 0.5) is 0 Å². The van der Waals surface area contributed by atoms with Crippen molar-refractivity contribution in [2.75, 3.05) is 0 Å². The molecule has 0 aliphatic heterocycles. The Morgan fingerprint density at radius 1 is 0.714 bits per heavy atom. The molecule has 0 bridgehead atoms. The number of hydrogen-bond acceptors (Lipinski definition) is 2. The maximum absolute atomic E-state index is 4.61. The molecule has 2 heteroatoms. The molecule has 0 saturated carbocycles. The van der Waals surface area contributed by atoms with Crippen molar-refractivity contribution in [3.8, 4) is 0 Å². The second-order valence-corrected chi connectivity index (χ2v) is 5.45. The summed E-state index contributed by atoms with van der Waals surface area (Å²) in [5, 5.41) is 0.995. The molecule has 0 radical (unpaired) electrons. The lowest BCUT2D eigenvalue weighted by Gasteiger charge is -2.17. The zero-order chi connectivity index (χ0) is 10.8. The van der Waals surface area contributed by atoms with Crippen molar-refractivity contribution in [1.82, 2.24) is 0 Å². The summed E-state index contributed by atoms with van der Waals surface area (Å²) >= 11 is 9.18. The van der Waals surface area contributed by atoms with Crippen LogP contribution in [0.2, 0.25) is 0 Å². The lowest BCUT2D eigenvalue weighted by molar-refractivity contribution is 0.580. The molecular weight excluding hydrogens is 208 g/mol. The molecule has 0 heterocycles. The summed E-state index contributed by atoms with van der Waals surface area (Å²) in [4.78, 5) is 0. The van der Waals surface area contributed by atoms with E-state index in [0.29, 0.717) is 10.5 Å². The number of hydrogen-bond donors (Lipinski definition) is 2. The van der Waals surface area contributed by atoms with Crippen molar-refractivity contribution in [3.05, 3.63) is 0 Å². The van der Waals surface area contributed by atoms with E-state index in [2.05, 4.69) is 39.1 Å². The largest absolute Gasteiger partial charge is 0.175 e. The van der Waals surface area contributed by atoms with Crippen molar-refractivity contribution in [2.45, 2.75) is 75.7 Å². The van der Waals surface area contributed by atoms with Crippen molar-refractivity contribution in [3.63, 3.8) is 0 Å². The summed E-state index contributed by atoms with van der Waals surface area (Å²) in [6.07, 6.45) is 10.5. The third-order valence-corrected chi connectivity index (χ3v) is 4.10. The normalized spacial score (nSPS) is 15.4. The Hall–Kier alpha value is 0.700. The van der Waals surface area contributed by atoms with Gasteiger partial charge in [0.15, 0.2) is 0 Å². The fourth-order valence-corrected chi connectivity index (χ4v) is 2.38. The topological polar surface area (TPSA) is 0 Å². The Morgan fingerprint density at radius 2 is 1.29 bits per heavy atom. The van der Waals surface area contributed by atoms with E-state index in [1.807, 2.05) is 0 Å². The van der Waals surface area contributed by atoms with Gasteiger partial charge in [0, 0.05) is 10.5 Å². The molecule has 0 aliphatic rings. The molecule has 2 atom stereocenters. The van der Waals surface area contributed by atoms with E-state index in [4.69, 9.17) is 0 Å². The van der Waals surface area contributed by atoms with Crippen LogP contribution in [0.3, 0.4) is 0 Å². The second kappa shape index (κ2) is 10.2.